The number of nitrogens with zero attached hydrogens (tertiary/aromatic N) is 1. The van der Waals surface area contributed by atoms with E-state index in [9.17, 15) is 14.9 Å². The zero-order valence-electron chi connectivity index (χ0n) is 13.9. The molecule has 0 aliphatic heterocycles. The van der Waals surface area contributed by atoms with E-state index in [4.69, 9.17) is 0 Å². The van der Waals surface area contributed by atoms with Crippen LogP contribution >= 0.6 is 0 Å². The fraction of sp³-hybridized carbons (Fsp3) is 0.750. The average molecular weight is 311 g/mol. The van der Waals surface area contributed by atoms with Gasteiger partial charge in [-0.15, -0.1) is 0 Å². The van der Waals surface area contributed by atoms with Gasteiger partial charge in [-0.3, -0.25) is 9.59 Å². The fourth-order valence-electron chi connectivity index (χ4n) is 6.61. The van der Waals surface area contributed by atoms with E-state index in [0.717, 1.165) is 44.9 Å². The maximum Gasteiger partial charge on any atom is 0.155 e. The molecule has 0 N–H and O–H groups in total. The van der Waals surface area contributed by atoms with Gasteiger partial charge < -0.3 is 0 Å². The minimum Gasteiger partial charge on any atom is -0.299 e. The zero-order chi connectivity index (χ0) is 16.2. The Balaban J connectivity index is 1.74. The summed E-state index contributed by atoms with van der Waals surface area (Å²) in [7, 11) is 0. The Kier molecular flexibility index (Phi) is 3.31. The van der Waals surface area contributed by atoms with Gasteiger partial charge in [-0.25, -0.2) is 0 Å². The van der Waals surface area contributed by atoms with Crippen molar-refractivity contribution in [2.45, 2.75) is 64.7 Å². The number of Topliss-reactive ketones (excluding diaryl/α,β-unsaturated/α-hetero) is 1. The van der Waals surface area contributed by atoms with Gasteiger partial charge in [0.2, 0.25) is 0 Å². The molecule has 5 unspecified atom stereocenters. The standard InChI is InChI=1S/C20H25NO2/c1-19-8-7-17-15(16(19)4-5-18(19)23)3-2-13-12-14(22)6-9-20(13,17)10-11-21/h12,15-17H,2-10H2,1H3. The summed E-state index contributed by atoms with van der Waals surface area (Å²) >= 11 is 0. The van der Waals surface area contributed by atoms with E-state index < -0.39 is 0 Å². The number of carbonyl (C=O) groups excluding carboxylic acids is 2. The van der Waals surface area contributed by atoms with E-state index in [0.29, 0.717) is 36.4 Å². The molecule has 4 rings (SSSR count). The van der Waals surface area contributed by atoms with Crippen LogP contribution < -0.4 is 0 Å². The third-order valence-electron chi connectivity index (χ3n) is 7.79. The Morgan fingerprint density at radius 1 is 1.13 bits per heavy atom. The second kappa shape index (κ2) is 5.03. The summed E-state index contributed by atoms with van der Waals surface area (Å²) in [5.74, 6) is 2.28. The summed E-state index contributed by atoms with van der Waals surface area (Å²) in [5, 5.41) is 9.47. The predicted molar refractivity (Wildman–Crippen MR) is 86.3 cm³/mol. The quantitative estimate of drug-likeness (QED) is 0.736. The van der Waals surface area contributed by atoms with E-state index in [1.807, 2.05) is 6.08 Å². The Labute approximate surface area is 138 Å². The van der Waals surface area contributed by atoms with Crippen molar-refractivity contribution in [2.75, 3.05) is 0 Å². The molecule has 0 amide bonds. The van der Waals surface area contributed by atoms with Gasteiger partial charge in [0.15, 0.2) is 5.78 Å². The highest BCUT2D eigenvalue weighted by molar-refractivity contribution is 5.91. The van der Waals surface area contributed by atoms with Gasteiger partial charge in [0.25, 0.3) is 0 Å². The molecule has 3 nitrogen and oxygen atoms in total. The van der Waals surface area contributed by atoms with Crippen molar-refractivity contribution in [3.63, 3.8) is 0 Å². The summed E-state index contributed by atoms with van der Waals surface area (Å²) < 4.78 is 0. The third kappa shape index (κ3) is 1.93. The van der Waals surface area contributed by atoms with Gasteiger partial charge >= 0.3 is 0 Å². The monoisotopic (exact) mass is 311 g/mol. The van der Waals surface area contributed by atoms with Crippen LogP contribution in [0.2, 0.25) is 0 Å². The topological polar surface area (TPSA) is 57.9 Å². The second-order valence-electron chi connectivity index (χ2n) is 8.46. The number of hydrogen-bond acceptors (Lipinski definition) is 3. The van der Waals surface area contributed by atoms with Crippen molar-refractivity contribution in [3.05, 3.63) is 11.6 Å². The molecule has 5 atom stereocenters. The van der Waals surface area contributed by atoms with Crippen molar-refractivity contribution in [3.8, 4) is 6.07 Å². The van der Waals surface area contributed by atoms with Gasteiger partial charge in [0.1, 0.15) is 5.78 Å². The van der Waals surface area contributed by atoms with Crippen LogP contribution in [0.15, 0.2) is 11.6 Å². The number of hydrogen-bond donors (Lipinski definition) is 0. The van der Waals surface area contributed by atoms with Crippen molar-refractivity contribution in [2.24, 2.45) is 28.6 Å². The van der Waals surface area contributed by atoms with Gasteiger partial charge in [-0.2, -0.15) is 5.26 Å². The van der Waals surface area contributed by atoms with Crippen LogP contribution in [0.5, 0.6) is 0 Å². The Hall–Kier alpha value is -1.43. The molecule has 0 aromatic heterocycles. The first-order valence-corrected chi connectivity index (χ1v) is 9.15. The largest absolute Gasteiger partial charge is 0.299 e. The van der Waals surface area contributed by atoms with Crippen LogP contribution in [0.1, 0.15) is 64.7 Å². The number of fused-ring (bicyclic) bond motifs is 5. The van der Waals surface area contributed by atoms with Gasteiger partial charge in [0.05, 0.1) is 6.07 Å². The highest BCUT2D eigenvalue weighted by Crippen LogP contribution is 2.65. The Morgan fingerprint density at radius 2 is 1.96 bits per heavy atom. The first kappa shape index (κ1) is 15.1. The molecule has 0 spiro atoms. The zero-order valence-corrected chi connectivity index (χ0v) is 13.9. The molecular formula is C20H25NO2. The van der Waals surface area contributed by atoms with E-state index in [-0.39, 0.29) is 16.6 Å². The fourth-order valence-corrected chi connectivity index (χ4v) is 6.61. The minimum atomic E-state index is -0.110. The Morgan fingerprint density at radius 3 is 2.74 bits per heavy atom. The summed E-state index contributed by atoms with van der Waals surface area (Å²) in [6.07, 6.45) is 9.73. The van der Waals surface area contributed by atoms with Crippen LogP contribution in [0.3, 0.4) is 0 Å². The van der Waals surface area contributed by atoms with Gasteiger partial charge in [-0.05, 0) is 62.4 Å². The lowest BCUT2D eigenvalue weighted by Gasteiger charge is -2.57. The Bertz CT molecular complexity index is 643. The van der Waals surface area contributed by atoms with Crippen molar-refractivity contribution >= 4 is 11.6 Å². The van der Waals surface area contributed by atoms with Crippen molar-refractivity contribution in [1.82, 2.24) is 0 Å². The van der Waals surface area contributed by atoms with Crippen LogP contribution in [-0.2, 0) is 9.59 Å². The highest BCUT2D eigenvalue weighted by atomic mass is 16.1. The molecular weight excluding hydrogens is 286 g/mol. The van der Waals surface area contributed by atoms with E-state index >= 15 is 0 Å². The predicted octanol–water partition coefficient (Wildman–Crippen LogP) is 3.98. The normalized spacial score (nSPS) is 45.6. The summed E-state index contributed by atoms with van der Waals surface area (Å²) in [6.45, 7) is 2.19. The molecule has 0 radical (unpaired) electrons. The molecule has 0 heterocycles. The van der Waals surface area contributed by atoms with Gasteiger partial charge in [-0.1, -0.05) is 12.5 Å². The van der Waals surface area contributed by atoms with Crippen LogP contribution in [0.25, 0.3) is 0 Å². The SMILES string of the molecule is CC12CCC3C(CCC4=CC(=O)CCC43CC#N)C1CCC2=O. The molecule has 0 aromatic carbocycles. The molecule has 0 bridgehead atoms. The minimum absolute atomic E-state index is 0.0709. The van der Waals surface area contributed by atoms with Crippen LogP contribution in [-0.4, -0.2) is 11.6 Å². The molecule has 3 fully saturated rings. The lowest BCUT2D eigenvalue weighted by molar-refractivity contribution is -0.132. The number of rotatable bonds is 1. The lowest BCUT2D eigenvalue weighted by Crippen LogP contribution is -2.51. The first-order chi connectivity index (χ1) is 11.0. The van der Waals surface area contributed by atoms with Crippen LogP contribution in [0.4, 0.5) is 0 Å². The second-order valence-corrected chi connectivity index (χ2v) is 8.46. The molecule has 3 saturated carbocycles. The molecule has 4 aliphatic rings. The molecule has 23 heavy (non-hydrogen) atoms. The number of ketones is 2. The van der Waals surface area contributed by atoms with Crippen LogP contribution in [0, 0.1) is 39.9 Å². The number of allylic oxidation sites excluding steroid dienone is 1. The highest BCUT2D eigenvalue weighted by Gasteiger charge is 2.60. The van der Waals surface area contributed by atoms with E-state index in [2.05, 4.69) is 13.0 Å². The van der Waals surface area contributed by atoms with Gasteiger partial charge in [0, 0.05) is 30.1 Å². The maximum absolute atomic E-state index is 12.4. The smallest absolute Gasteiger partial charge is 0.155 e. The first-order valence-electron chi connectivity index (χ1n) is 9.15. The third-order valence-corrected chi connectivity index (χ3v) is 7.79. The molecule has 3 heteroatoms. The van der Waals surface area contributed by atoms with E-state index in [1.54, 1.807) is 0 Å². The number of carbonyl (C=O) groups is 2. The summed E-state index contributed by atoms with van der Waals surface area (Å²) in [5.41, 5.74) is 1.07. The lowest BCUT2D eigenvalue weighted by atomic mass is 9.46. The van der Waals surface area contributed by atoms with Crippen molar-refractivity contribution in [1.29, 1.82) is 5.26 Å². The number of nitriles is 1. The van der Waals surface area contributed by atoms with Crippen molar-refractivity contribution < 1.29 is 9.59 Å². The molecule has 4 aliphatic carbocycles. The average Bonchev–Trinajstić information content (AvgIpc) is 2.84. The molecule has 0 aromatic rings. The summed E-state index contributed by atoms with van der Waals surface area (Å²) in [6, 6.07) is 2.43. The molecule has 122 valence electrons. The molecule has 0 saturated heterocycles. The maximum atomic E-state index is 12.4. The van der Waals surface area contributed by atoms with E-state index in [1.165, 1.54) is 5.57 Å². The summed E-state index contributed by atoms with van der Waals surface area (Å²) in [4.78, 5) is 24.3.